The third-order valence-electron chi connectivity index (χ3n) is 8.79. The van der Waals surface area contributed by atoms with E-state index in [0.29, 0.717) is 18.1 Å². The minimum Gasteiger partial charge on any atom is -0.355 e. The van der Waals surface area contributed by atoms with Gasteiger partial charge in [0.1, 0.15) is 0 Å². The number of benzene rings is 1. The van der Waals surface area contributed by atoms with Crippen LogP contribution in [0.25, 0.3) is 11.2 Å². The first kappa shape index (κ1) is 24.6. The van der Waals surface area contributed by atoms with E-state index in [-0.39, 0.29) is 0 Å². The van der Waals surface area contributed by atoms with Crippen molar-refractivity contribution in [1.29, 1.82) is 0 Å². The predicted molar refractivity (Wildman–Crippen MR) is 150 cm³/mol. The molecule has 0 atom stereocenters. The van der Waals surface area contributed by atoms with Gasteiger partial charge in [-0.25, -0.2) is 4.98 Å². The molecule has 3 heterocycles. The highest BCUT2D eigenvalue weighted by Gasteiger charge is 2.25. The second kappa shape index (κ2) is 11.4. The molecule has 0 radical (unpaired) electrons. The Balaban J connectivity index is 1.14. The molecule has 0 unspecified atom stereocenters. The fourth-order valence-corrected chi connectivity index (χ4v) is 6.48. The lowest BCUT2D eigenvalue weighted by molar-refractivity contribution is 0.194. The monoisotopic (exact) mass is 502 g/mol. The van der Waals surface area contributed by atoms with Crippen LogP contribution in [0.4, 0.5) is 11.8 Å². The second-order valence-corrected chi connectivity index (χ2v) is 11.5. The van der Waals surface area contributed by atoms with Crippen LogP contribution < -0.4 is 16.4 Å². The number of piperidine rings is 1. The SMILES string of the molecule is NC1CCC(Nc2nc(NCN3CCC(Cc4ccccc4)CC3)c3ncn(C4CCCC4)c3n2)CC1. The number of rotatable bonds is 8. The number of hydrogen-bond donors (Lipinski definition) is 3. The Hall–Kier alpha value is -2.71. The third kappa shape index (κ3) is 5.91. The number of anilines is 2. The van der Waals surface area contributed by atoms with Crippen LogP contribution in [0.5, 0.6) is 0 Å². The van der Waals surface area contributed by atoms with E-state index in [1.54, 1.807) is 0 Å². The molecule has 1 saturated heterocycles. The summed E-state index contributed by atoms with van der Waals surface area (Å²) in [5.41, 5.74) is 9.45. The van der Waals surface area contributed by atoms with Crippen LogP contribution >= 0.6 is 0 Å². The van der Waals surface area contributed by atoms with Gasteiger partial charge in [-0.1, -0.05) is 43.2 Å². The molecule has 37 heavy (non-hydrogen) atoms. The van der Waals surface area contributed by atoms with E-state index < -0.39 is 0 Å². The highest BCUT2D eigenvalue weighted by Crippen LogP contribution is 2.33. The van der Waals surface area contributed by atoms with E-state index in [0.717, 1.165) is 74.3 Å². The summed E-state index contributed by atoms with van der Waals surface area (Å²) >= 11 is 0. The maximum absolute atomic E-state index is 6.14. The van der Waals surface area contributed by atoms with Crippen LogP contribution in [-0.2, 0) is 6.42 Å². The Morgan fingerprint density at radius 1 is 0.892 bits per heavy atom. The maximum Gasteiger partial charge on any atom is 0.227 e. The fourth-order valence-electron chi connectivity index (χ4n) is 6.48. The topological polar surface area (TPSA) is 96.9 Å². The summed E-state index contributed by atoms with van der Waals surface area (Å²) in [5.74, 6) is 2.34. The van der Waals surface area contributed by atoms with Gasteiger partial charge in [0.2, 0.25) is 5.95 Å². The molecular formula is C29H42N8. The van der Waals surface area contributed by atoms with Crippen LogP contribution in [0.1, 0.15) is 75.8 Å². The lowest BCUT2D eigenvalue weighted by atomic mass is 9.90. The number of nitrogens with one attached hydrogen (secondary N) is 2. The highest BCUT2D eigenvalue weighted by atomic mass is 15.3. The van der Waals surface area contributed by atoms with Gasteiger partial charge in [0.15, 0.2) is 17.0 Å². The summed E-state index contributed by atoms with van der Waals surface area (Å²) < 4.78 is 2.30. The summed E-state index contributed by atoms with van der Waals surface area (Å²) in [6.07, 6.45) is 14.9. The summed E-state index contributed by atoms with van der Waals surface area (Å²) in [7, 11) is 0. The summed E-state index contributed by atoms with van der Waals surface area (Å²) in [6, 6.07) is 12.1. The Kier molecular flexibility index (Phi) is 7.55. The zero-order valence-electron chi connectivity index (χ0n) is 22.0. The van der Waals surface area contributed by atoms with Crippen LogP contribution in [0, 0.1) is 5.92 Å². The lowest BCUT2D eigenvalue weighted by Gasteiger charge is -2.32. The zero-order valence-corrected chi connectivity index (χ0v) is 22.0. The van der Waals surface area contributed by atoms with Gasteiger partial charge in [0, 0.05) is 31.2 Å². The molecule has 6 rings (SSSR count). The molecule has 1 aromatic carbocycles. The number of fused-ring (bicyclic) bond motifs is 1. The molecule has 2 aliphatic carbocycles. The molecule has 8 heteroatoms. The molecule has 0 amide bonds. The van der Waals surface area contributed by atoms with E-state index in [1.807, 2.05) is 6.33 Å². The van der Waals surface area contributed by atoms with Crippen molar-refractivity contribution in [3.8, 4) is 0 Å². The van der Waals surface area contributed by atoms with Crippen molar-refractivity contribution in [3.05, 3.63) is 42.2 Å². The molecule has 2 aromatic heterocycles. The second-order valence-electron chi connectivity index (χ2n) is 11.5. The molecule has 198 valence electrons. The van der Waals surface area contributed by atoms with E-state index in [2.05, 4.69) is 50.4 Å². The largest absolute Gasteiger partial charge is 0.355 e. The van der Waals surface area contributed by atoms with Gasteiger partial charge in [-0.2, -0.15) is 9.97 Å². The van der Waals surface area contributed by atoms with Gasteiger partial charge in [-0.15, -0.1) is 0 Å². The first-order valence-corrected chi connectivity index (χ1v) is 14.5. The predicted octanol–water partition coefficient (Wildman–Crippen LogP) is 4.95. The molecule has 8 nitrogen and oxygen atoms in total. The minimum absolute atomic E-state index is 0.333. The number of likely N-dealkylation sites (tertiary alicyclic amines) is 1. The summed E-state index contributed by atoms with van der Waals surface area (Å²) in [6.45, 7) is 3.02. The maximum atomic E-state index is 6.14. The van der Waals surface area contributed by atoms with Gasteiger partial charge >= 0.3 is 0 Å². The molecule has 1 aliphatic heterocycles. The molecular weight excluding hydrogens is 460 g/mol. The molecule has 2 saturated carbocycles. The first-order valence-electron chi connectivity index (χ1n) is 14.5. The molecule has 3 fully saturated rings. The zero-order chi connectivity index (χ0) is 25.0. The Morgan fingerprint density at radius 2 is 1.65 bits per heavy atom. The van der Waals surface area contributed by atoms with Gasteiger partial charge in [-0.05, 0) is 69.3 Å². The van der Waals surface area contributed by atoms with Crippen LogP contribution in [0.3, 0.4) is 0 Å². The standard InChI is InChI=1S/C29H42N8/c30-23-10-12-24(13-11-23)33-29-34-27(26-28(35-29)37(20-31-26)25-8-4-5-9-25)32-19-36-16-14-22(15-17-36)18-21-6-2-1-3-7-21/h1-3,6-7,20,22-25H,4-5,8-19,30H2,(H2,32,33,34,35). The van der Waals surface area contributed by atoms with E-state index in [9.17, 15) is 0 Å². The molecule has 4 N–H and O–H groups in total. The van der Waals surface area contributed by atoms with E-state index in [1.165, 1.54) is 50.5 Å². The third-order valence-corrected chi connectivity index (χ3v) is 8.79. The smallest absolute Gasteiger partial charge is 0.227 e. The first-order chi connectivity index (χ1) is 18.2. The fraction of sp³-hybridized carbons (Fsp3) is 0.621. The van der Waals surface area contributed by atoms with Crippen molar-refractivity contribution in [3.63, 3.8) is 0 Å². The van der Waals surface area contributed by atoms with Gasteiger partial charge in [0.25, 0.3) is 0 Å². The Morgan fingerprint density at radius 3 is 2.41 bits per heavy atom. The average molecular weight is 503 g/mol. The Labute approximate surface area is 220 Å². The van der Waals surface area contributed by atoms with Crippen LogP contribution in [-0.4, -0.2) is 56.3 Å². The van der Waals surface area contributed by atoms with Crippen molar-refractivity contribution in [2.24, 2.45) is 11.7 Å². The van der Waals surface area contributed by atoms with E-state index in [4.69, 9.17) is 20.7 Å². The summed E-state index contributed by atoms with van der Waals surface area (Å²) in [5, 5.41) is 7.29. The highest BCUT2D eigenvalue weighted by molar-refractivity contribution is 5.84. The number of nitrogens with two attached hydrogens (primary N) is 1. The quantitative estimate of drug-likeness (QED) is 0.401. The minimum atomic E-state index is 0.333. The number of aromatic nitrogens is 4. The number of hydrogen-bond acceptors (Lipinski definition) is 7. The Bertz CT molecular complexity index is 1140. The number of nitrogens with zero attached hydrogens (tertiary/aromatic N) is 5. The molecule has 0 spiro atoms. The van der Waals surface area contributed by atoms with Crippen molar-refractivity contribution in [2.75, 3.05) is 30.4 Å². The van der Waals surface area contributed by atoms with Crippen molar-refractivity contribution in [1.82, 2.24) is 24.4 Å². The lowest BCUT2D eigenvalue weighted by Crippen LogP contribution is -2.37. The molecule has 3 aromatic rings. The van der Waals surface area contributed by atoms with Crippen LogP contribution in [0.15, 0.2) is 36.7 Å². The van der Waals surface area contributed by atoms with Gasteiger partial charge in [-0.3, -0.25) is 4.90 Å². The number of imidazole rings is 1. The molecule has 0 bridgehead atoms. The van der Waals surface area contributed by atoms with E-state index >= 15 is 0 Å². The van der Waals surface area contributed by atoms with Crippen molar-refractivity contribution >= 4 is 22.9 Å². The normalized spacial score (nSPS) is 24.0. The van der Waals surface area contributed by atoms with Crippen molar-refractivity contribution in [2.45, 2.75) is 88.8 Å². The van der Waals surface area contributed by atoms with Crippen molar-refractivity contribution < 1.29 is 0 Å². The van der Waals surface area contributed by atoms with Crippen LogP contribution in [0.2, 0.25) is 0 Å². The van der Waals surface area contributed by atoms with Gasteiger partial charge < -0.3 is 20.9 Å². The summed E-state index contributed by atoms with van der Waals surface area (Å²) in [4.78, 5) is 17.2. The van der Waals surface area contributed by atoms with Gasteiger partial charge in [0.05, 0.1) is 13.0 Å². The average Bonchev–Trinajstić information content (AvgIpc) is 3.60. The molecule has 3 aliphatic rings.